The fourth-order valence-electron chi connectivity index (χ4n) is 1.26. The van der Waals surface area contributed by atoms with Crippen molar-refractivity contribution in [2.45, 2.75) is 19.9 Å². The highest BCUT2D eigenvalue weighted by molar-refractivity contribution is 6.35. The number of anilines is 1. The summed E-state index contributed by atoms with van der Waals surface area (Å²) in [4.78, 5) is 0. The van der Waals surface area contributed by atoms with Gasteiger partial charge in [0, 0.05) is 28.4 Å². The van der Waals surface area contributed by atoms with Gasteiger partial charge in [-0.05, 0) is 32.0 Å². The third-order valence-corrected chi connectivity index (χ3v) is 2.28. The Labute approximate surface area is 101 Å². The van der Waals surface area contributed by atoms with E-state index >= 15 is 0 Å². The van der Waals surface area contributed by atoms with Crippen molar-refractivity contribution >= 4 is 28.9 Å². The third-order valence-electron chi connectivity index (χ3n) is 1.85. The molecule has 15 heavy (non-hydrogen) atoms. The van der Waals surface area contributed by atoms with Crippen LogP contribution in [0.15, 0.2) is 18.2 Å². The molecule has 0 bridgehead atoms. The minimum atomic E-state index is 0.236. The quantitative estimate of drug-likeness (QED) is 0.854. The van der Waals surface area contributed by atoms with Crippen LogP contribution in [-0.2, 0) is 4.74 Å². The maximum Gasteiger partial charge on any atom is 0.0664 e. The lowest BCUT2D eigenvalue weighted by Crippen LogP contribution is -2.21. The van der Waals surface area contributed by atoms with Crippen LogP contribution in [0.2, 0.25) is 10.0 Å². The number of nitrogens with one attached hydrogen (secondary N) is 1. The van der Waals surface area contributed by atoms with Crippen LogP contribution in [0.3, 0.4) is 0 Å². The van der Waals surface area contributed by atoms with Gasteiger partial charge in [-0.2, -0.15) is 0 Å². The van der Waals surface area contributed by atoms with Gasteiger partial charge in [-0.25, -0.2) is 0 Å². The van der Waals surface area contributed by atoms with Crippen molar-refractivity contribution in [3.05, 3.63) is 28.2 Å². The lowest BCUT2D eigenvalue weighted by Gasteiger charge is -2.15. The predicted molar refractivity (Wildman–Crippen MR) is 66.0 cm³/mol. The summed E-state index contributed by atoms with van der Waals surface area (Å²) in [6, 6.07) is 5.63. The zero-order chi connectivity index (χ0) is 11.3. The Kier molecular flexibility index (Phi) is 5.23. The predicted octanol–water partition coefficient (Wildman–Crippen LogP) is 3.83. The molecule has 1 rings (SSSR count). The molecule has 1 aromatic carbocycles. The van der Waals surface area contributed by atoms with Gasteiger partial charge in [-0.1, -0.05) is 23.2 Å². The molecule has 0 aliphatic rings. The molecule has 0 radical (unpaired) electrons. The van der Waals surface area contributed by atoms with Crippen LogP contribution < -0.4 is 5.32 Å². The normalized spacial score (nSPS) is 12.5. The molecule has 1 aromatic rings. The number of hydrogen-bond acceptors (Lipinski definition) is 2. The molecular weight excluding hydrogens is 233 g/mol. The second-order valence-corrected chi connectivity index (χ2v) is 4.24. The number of benzene rings is 1. The first kappa shape index (κ1) is 12.6. The van der Waals surface area contributed by atoms with Crippen LogP contribution in [0.5, 0.6) is 0 Å². The van der Waals surface area contributed by atoms with Gasteiger partial charge in [0.05, 0.1) is 6.61 Å². The first-order chi connectivity index (χ1) is 7.11. The van der Waals surface area contributed by atoms with Crippen molar-refractivity contribution in [3.63, 3.8) is 0 Å². The number of hydrogen-bond donors (Lipinski definition) is 1. The SMILES string of the molecule is CCOCC(C)Nc1cc(Cl)cc(Cl)c1. The summed E-state index contributed by atoms with van der Waals surface area (Å²) in [5.74, 6) is 0. The number of halogens is 2. The monoisotopic (exact) mass is 247 g/mol. The van der Waals surface area contributed by atoms with E-state index in [9.17, 15) is 0 Å². The van der Waals surface area contributed by atoms with Gasteiger partial charge in [0.2, 0.25) is 0 Å². The highest BCUT2D eigenvalue weighted by atomic mass is 35.5. The van der Waals surface area contributed by atoms with E-state index in [2.05, 4.69) is 5.32 Å². The Morgan fingerprint density at radius 2 is 1.87 bits per heavy atom. The van der Waals surface area contributed by atoms with Crippen LogP contribution in [0.25, 0.3) is 0 Å². The van der Waals surface area contributed by atoms with E-state index < -0.39 is 0 Å². The molecular formula is C11H15Cl2NO. The van der Waals surface area contributed by atoms with E-state index in [4.69, 9.17) is 27.9 Å². The van der Waals surface area contributed by atoms with Crippen LogP contribution in [0.4, 0.5) is 5.69 Å². The lowest BCUT2D eigenvalue weighted by molar-refractivity contribution is 0.141. The smallest absolute Gasteiger partial charge is 0.0664 e. The van der Waals surface area contributed by atoms with E-state index in [1.165, 1.54) is 0 Å². The summed E-state index contributed by atoms with van der Waals surface area (Å²) in [6.45, 7) is 5.41. The Bertz CT molecular complexity index is 297. The van der Waals surface area contributed by atoms with E-state index in [0.717, 1.165) is 12.3 Å². The van der Waals surface area contributed by atoms with E-state index in [-0.39, 0.29) is 6.04 Å². The van der Waals surface area contributed by atoms with Crippen molar-refractivity contribution in [1.82, 2.24) is 0 Å². The average molecular weight is 248 g/mol. The lowest BCUT2D eigenvalue weighted by atomic mass is 10.3. The van der Waals surface area contributed by atoms with Gasteiger partial charge >= 0.3 is 0 Å². The molecule has 2 nitrogen and oxygen atoms in total. The first-order valence-electron chi connectivity index (χ1n) is 4.92. The van der Waals surface area contributed by atoms with Gasteiger partial charge in [0.15, 0.2) is 0 Å². The largest absolute Gasteiger partial charge is 0.380 e. The summed E-state index contributed by atoms with van der Waals surface area (Å²) in [7, 11) is 0. The second kappa shape index (κ2) is 6.21. The van der Waals surface area contributed by atoms with Gasteiger partial charge in [-0.15, -0.1) is 0 Å². The zero-order valence-corrected chi connectivity index (χ0v) is 10.4. The van der Waals surface area contributed by atoms with Gasteiger partial charge in [0.25, 0.3) is 0 Å². The average Bonchev–Trinajstić information content (AvgIpc) is 2.13. The highest BCUT2D eigenvalue weighted by Gasteiger charge is 2.03. The first-order valence-corrected chi connectivity index (χ1v) is 5.67. The minimum Gasteiger partial charge on any atom is -0.380 e. The fraction of sp³-hybridized carbons (Fsp3) is 0.455. The summed E-state index contributed by atoms with van der Waals surface area (Å²) >= 11 is 11.8. The topological polar surface area (TPSA) is 21.3 Å². The van der Waals surface area contributed by atoms with Crippen LogP contribution in [-0.4, -0.2) is 19.3 Å². The molecule has 0 heterocycles. The molecule has 0 fully saturated rings. The van der Waals surface area contributed by atoms with Crippen LogP contribution >= 0.6 is 23.2 Å². The molecule has 84 valence electrons. The maximum atomic E-state index is 5.88. The summed E-state index contributed by atoms with van der Waals surface area (Å²) < 4.78 is 5.30. The van der Waals surface area contributed by atoms with Crippen molar-refractivity contribution < 1.29 is 4.74 Å². The van der Waals surface area contributed by atoms with Gasteiger partial charge in [0.1, 0.15) is 0 Å². The Hall–Kier alpha value is -0.440. The third kappa shape index (κ3) is 4.74. The van der Waals surface area contributed by atoms with Gasteiger partial charge < -0.3 is 10.1 Å². The molecule has 0 saturated carbocycles. The van der Waals surface area contributed by atoms with E-state index in [0.29, 0.717) is 16.7 Å². The maximum absolute atomic E-state index is 5.88. The number of rotatable bonds is 5. The van der Waals surface area contributed by atoms with Crippen LogP contribution in [0, 0.1) is 0 Å². The molecule has 0 aromatic heterocycles. The zero-order valence-electron chi connectivity index (χ0n) is 8.89. The van der Waals surface area contributed by atoms with Crippen molar-refractivity contribution in [1.29, 1.82) is 0 Å². The molecule has 1 atom stereocenters. The highest BCUT2D eigenvalue weighted by Crippen LogP contribution is 2.22. The molecule has 0 aliphatic heterocycles. The molecule has 0 saturated heterocycles. The molecule has 0 spiro atoms. The molecule has 4 heteroatoms. The summed E-state index contributed by atoms with van der Waals surface area (Å²) in [6.07, 6.45) is 0. The van der Waals surface area contributed by atoms with E-state index in [1.807, 2.05) is 26.0 Å². The summed E-state index contributed by atoms with van der Waals surface area (Å²) in [5.41, 5.74) is 0.916. The standard InChI is InChI=1S/C11H15Cl2NO/c1-3-15-7-8(2)14-11-5-9(12)4-10(13)6-11/h4-6,8,14H,3,7H2,1-2H3. The van der Waals surface area contributed by atoms with Gasteiger partial charge in [-0.3, -0.25) is 0 Å². The Morgan fingerprint density at radius 1 is 1.27 bits per heavy atom. The van der Waals surface area contributed by atoms with Crippen molar-refractivity contribution in [2.75, 3.05) is 18.5 Å². The second-order valence-electron chi connectivity index (χ2n) is 3.36. The van der Waals surface area contributed by atoms with Crippen molar-refractivity contribution in [2.24, 2.45) is 0 Å². The Balaban J connectivity index is 2.56. The molecule has 0 aliphatic carbocycles. The number of ether oxygens (including phenoxy) is 1. The van der Waals surface area contributed by atoms with Crippen LogP contribution in [0.1, 0.15) is 13.8 Å². The fourth-order valence-corrected chi connectivity index (χ4v) is 1.78. The Morgan fingerprint density at radius 3 is 2.40 bits per heavy atom. The molecule has 1 unspecified atom stereocenters. The minimum absolute atomic E-state index is 0.236. The molecule has 1 N–H and O–H groups in total. The summed E-state index contributed by atoms with van der Waals surface area (Å²) in [5, 5.41) is 4.53. The van der Waals surface area contributed by atoms with Crippen molar-refractivity contribution in [3.8, 4) is 0 Å². The van der Waals surface area contributed by atoms with E-state index in [1.54, 1.807) is 6.07 Å². The molecule has 0 amide bonds.